The lowest BCUT2D eigenvalue weighted by molar-refractivity contribution is 0.0527. The highest BCUT2D eigenvalue weighted by atomic mass is 32.1. The molecule has 0 saturated heterocycles. The van der Waals surface area contributed by atoms with Crippen LogP contribution in [-0.4, -0.2) is 19.1 Å². The highest BCUT2D eigenvalue weighted by Crippen LogP contribution is 2.33. The van der Waals surface area contributed by atoms with E-state index in [2.05, 4.69) is 19.2 Å². The molecule has 0 atom stereocenters. The van der Waals surface area contributed by atoms with Gasteiger partial charge in [-0.1, -0.05) is 39.0 Å². The minimum atomic E-state index is -0.204. The van der Waals surface area contributed by atoms with Crippen LogP contribution in [0, 0.1) is 13.8 Å². The van der Waals surface area contributed by atoms with Gasteiger partial charge in [-0.2, -0.15) is 0 Å². The molecule has 21 heavy (non-hydrogen) atoms. The summed E-state index contributed by atoms with van der Waals surface area (Å²) in [5.41, 5.74) is 1.77. The maximum Gasteiger partial charge on any atom is 0.341 e. The Balaban J connectivity index is 2.47. The monoisotopic (exact) mass is 311 g/mol. The van der Waals surface area contributed by atoms with Gasteiger partial charge >= 0.3 is 5.97 Å². The SMILES string of the molecule is CCCCCCCCNc1sc(C)c(C)c1C(=O)OCC. The highest BCUT2D eigenvalue weighted by Gasteiger charge is 2.20. The summed E-state index contributed by atoms with van der Waals surface area (Å²) in [4.78, 5) is 13.2. The molecule has 1 N–H and O–H groups in total. The Hall–Kier alpha value is -1.03. The Kier molecular flexibility index (Phi) is 8.43. The van der Waals surface area contributed by atoms with Crippen molar-refractivity contribution >= 4 is 22.3 Å². The van der Waals surface area contributed by atoms with E-state index in [1.165, 1.54) is 37.0 Å². The van der Waals surface area contributed by atoms with Crippen molar-refractivity contribution in [3.05, 3.63) is 16.0 Å². The van der Waals surface area contributed by atoms with Crippen molar-refractivity contribution in [2.75, 3.05) is 18.5 Å². The van der Waals surface area contributed by atoms with Crippen LogP contribution in [0.25, 0.3) is 0 Å². The summed E-state index contributed by atoms with van der Waals surface area (Å²) in [6.45, 7) is 9.48. The first-order chi connectivity index (χ1) is 10.1. The average Bonchev–Trinajstić information content (AvgIpc) is 2.73. The summed E-state index contributed by atoms with van der Waals surface area (Å²) in [5.74, 6) is -0.204. The minimum absolute atomic E-state index is 0.204. The van der Waals surface area contributed by atoms with Crippen LogP contribution >= 0.6 is 11.3 Å². The summed E-state index contributed by atoms with van der Waals surface area (Å²) < 4.78 is 5.16. The second-order valence-electron chi connectivity index (χ2n) is 5.40. The number of anilines is 1. The number of hydrogen-bond donors (Lipinski definition) is 1. The van der Waals surface area contributed by atoms with E-state index < -0.39 is 0 Å². The molecule has 0 radical (unpaired) electrons. The third-order valence-corrected chi connectivity index (χ3v) is 4.85. The zero-order chi connectivity index (χ0) is 15.7. The molecule has 3 nitrogen and oxygen atoms in total. The molecule has 4 heteroatoms. The van der Waals surface area contributed by atoms with Crippen molar-refractivity contribution in [3.63, 3.8) is 0 Å². The molecular formula is C17H29NO2S. The lowest BCUT2D eigenvalue weighted by atomic mass is 10.1. The Morgan fingerprint density at radius 2 is 1.76 bits per heavy atom. The van der Waals surface area contributed by atoms with Gasteiger partial charge in [0.15, 0.2) is 0 Å². The van der Waals surface area contributed by atoms with Gasteiger partial charge < -0.3 is 10.1 Å². The quantitative estimate of drug-likeness (QED) is 0.470. The van der Waals surface area contributed by atoms with E-state index in [9.17, 15) is 4.79 Å². The molecule has 1 aromatic heterocycles. The van der Waals surface area contributed by atoms with Crippen LogP contribution in [0.3, 0.4) is 0 Å². The number of aryl methyl sites for hydroxylation is 1. The predicted octanol–water partition coefficient (Wildman–Crippen LogP) is 5.31. The molecule has 0 spiro atoms. The molecule has 1 rings (SSSR count). The number of ether oxygens (including phenoxy) is 1. The fourth-order valence-electron chi connectivity index (χ4n) is 2.31. The summed E-state index contributed by atoms with van der Waals surface area (Å²) in [6, 6.07) is 0. The summed E-state index contributed by atoms with van der Waals surface area (Å²) >= 11 is 1.66. The van der Waals surface area contributed by atoms with Crippen molar-refractivity contribution in [2.24, 2.45) is 0 Å². The highest BCUT2D eigenvalue weighted by molar-refractivity contribution is 7.16. The van der Waals surface area contributed by atoms with Crippen LogP contribution in [0.4, 0.5) is 5.00 Å². The van der Waals surface area contributed by atoms with Gasteiger partial charge in [0.25, 0.3) is 0 Å². The minimum Gasteiger partial charge on any atom is -0.462 e. The van der Waals surface area contributed by atoms with Crippen molar-refractivity contribution in [1.82, 2.24) is 0 Å². The molecule has 0 aliphatic heterocycles. The maximum atomic E-state index is 12.1. The van der Waals surface area contributed by atoms with Gasteiger partial charge in [-0.05, 0) is 32.8 Å². The maximum absolute atomic E-state index is 12.1. The third-order valence-electron chi connectivity index (χ3n) is 3.68. The predicted molar refractivity (Wildman–Crippen MR) is 91.6 cm³/mol. The van der Waals surface area contributed by atoms with Crippen molar-refractivity contribution in [1.29, 1.82) is 0 Å². The first-order valence-corrected chi connectivity index (χ1v) is 8.94. The van der Waals surface area contributed by atoms with Crippen LogP contribution in [0.1, 0.15) is 73.2 Å². The normalized spacial score (nSPS) is 10.7. The summed E-state index contributed by atoms with van der Waals surface area (Å²) in [5, 5.41) is 4.39. The number of hydrogen-bond acceptors (Lipinski definition) is 4. The lowest BCUT2D eigenvalue weighted by Crippen LogP contribution is -2.09. The first kappa shape index (κ1) is 18.0. The van der Waals surface area contributed by atoms with Crippen LogP contribution in [0.5, 0.6) is 0 Å². The van der Waals surface area contributed by atoms with E-state index in [1.54, 1.807) is 11.3 Å². The standard InChI is InChI=1S/C17H29NO2S/c1-5-7-8-9-10-11-12-18-16-15(17(19)20-6-2)13(3)14(4)21-16/h18H,5-12H2,1-4H3. The smallest absolute Gasteiger partial charge is 0.341 e. The van der Waals surface area contributed by atoms with Crippen LogP contribution in [-0.2, 0) is 4.74 Å². The van der Waals surface area contributed by atoms with Gasteiger partial charge in [-0.25, -0.2) is 4.79 Å². The number of carbonyl (C=O) groups excluding carboxylic acids is 1. The van der Waals surface area contributed by atoms with Crippen molar-refractivity contribution in [2.45, 2.75) is 66.2 Å². The second-order valence-corrected chi connectivity index (χ2v) is 6.63. The zero-order valence-corrected chi connectivity index (χ0v) is 14.7. The Morgan fingerprint density at radius 3 is 2.43 bits per heavy atom. The van der Waals surface area contributed by atoms with E-state index in [4.69, 9.17) is 4.74 Å². The van der Waals surface area contributed by atoms with Gasteiger partial charge in [0.1, 0.15) is 5.00 Å². The van der Waals surface area contributed by atoms with Gasteiger partial charge in [0.05, 0.1) is 12.2 Å². The Labute approximate surface area is 133 Å². The van der Waals surface area contributed by atoms with E-state index in [1.807, 2.05) is 13.8 Å². The number of esters is 1. The number of unbranched alkanes of at least 4 members (excludes halogenated alkanes) is 5. The Bertz CT molecular complexity index is 440. The zero-order valence-electron chi connectivity index (χ0n) is 13.9. The fourth-order valence-corrected chi connectivity index (χ4v) is 3.38. The number of nitrogens with one attached hydrogen (secondary N) is 1. The third kappa shape index (κ3) is 5.70. The molecule has 0 saturated carbocycles. The van der Waals surface area contributed by atoms with Crippen LogP contribution in [0.2, 0.25) is 0 Å². The van der Waals surface area contributed by atoms with Gasteiger partial charge in [-0.3, -0.25) is 0 Å². The second kappa shape index (κ2) is 9.82. The molecule has 0 aliphatic rings. The summed E-state index contributed by atoms with van der Waals surface area (Å²) in [6.07, 6.45) is 7.68. The first-order valence-electron chi connectivity index (χ1n) is 8.12. The van der Waals surface area contributed by atoms with Crippen molar-refractivity contribution in [3.8, 4) is 0 Å². The fraction of sp³-hybridized carbons (Fsp3) is 0.706. The van der Waals surface area contributed by atoms with E-state index in [0.717, 1.165) is 29.1 Å². The molecule has 0 unspecified atom stereocenters. The average molecular weight is 311 g/mol. The molecule has 0 bridgehead atoms. The van der Waals surface area contributed by atoms with E-state index >= 15 is 0 Å². The van der Waals surface area contributed by atoms with Gasteiger partial charge in [0.2, 0.25) is 0 Å². The molecule has 1 aromatic rings. The van der Waals surface area contributed by atoms with Crippen LogP contribution < -0.4 is 5.32 Å². The van der Waals surface area contributed by atoms with Crippen LogP contribution in [0.15, 0.2) is 0 Å². The molecule has 0 aromatic carbocycles. The van der Waals surface area contributed by atoms with Gasteiger partial charge in [-0.15, -0.1) is 11.3 Å². The van der Waals surface area contributed by atoms with Crippen molar-refractivity contribution < 1.29 is 9.53 Å². The van der Waals surface area contributed by atoms with E-state index in [-0.39, 0.29) is 5.97 Å². The molecule has 0 amide bonds. The number of carbonyl (C=O) groups is 1. The van der Waals surface area contributed by atoms with Gasteiger partial charge in [0, 0.05) is 11.4 Å². The molecule has 0 fully saturated rings. The number of thiophene rings is 1. The topological polar surface area (TPSA) is 38.3 Å². The lowest BCUT2D eigenvalue weighted by Gasteiger charge is -2.08. The molecular weight excluding hydrogens is 282 g/mol. The Morgan fingerprint density at radius 1 is 1.10 bits per heavy atom. The molecule has 120 valence electrons. The molecule has 0 aliphatic carbocycles. The summed E-state index contributed by atoms with van der Waals surface area (Å²) in [7, 11) is 0. The molecule has 1 heterocycles. The largest absolute Gasteiger partial charge is 0.462 e. The van der Waals surface area contributed by atoms with E-state index in [0.29, 0.717) is 6.61 Å². The number of rotatable bonds is 10.